The molecule has 3 rings (SSSR count). The minimum atomic E-state index is -0.516. The highest BCUT2D eigenvalue weighted by atomic mass is 127. The summed E-state index contributed by atoms with van der Waals surface area (Å²) in [6.45, 7) is 7.21. The van der Waals surface area contributed by atoms with Gasteiger partial charge in [0.25, 0.3) is 0 Å². The van der Waals surface area contributed by atoms with Crippen molar-refractivity contribution in [3.63, 3.8) is 0 Å². The molecule has 0 N–H and O–H groups in total. The van der Waals surface area contributed by atoms with E-state index in [1.165, 1.54) is 12.1 Å². The molecule has 0 aliphatic carbocycles. The van der Waals surface area contributed by atoms with Gasteiger partial charge >= 0.3 is 6.09 Å². The second kappa shape index (κ2) is 6.34. The van der Waals surface area contributed by atoms with Crippen molar-refractivity contribution in [2.75, 3.05) is 6.54 Å². The number of carbonyl (C=O) groups excluding carboxylic acids is 1. The Morgan fingerprint density at radius 1 is 1.25 bits per heavy atom. The average molecular weight is 443 g/mol. The Kier molecular flexibility index (Phi) is 4.54. The molecule has 5 nitrogen and oxygen atoms in total. The van der Waals surface area contributed by atoms with Crippen LogP contribution in [0.3, 0.4) is 0 Å². The fourth-order valence-corrected chi connectivity index (χ4v) is 3.52. The summed E-state index contributed by atoms with van der Waals surface area (Å²) in [4.78, 5) is 18.6. The number of aromatic nitrogens is 2. The fourth-order valence-electron chi connectivity index (χ4n) is 2.57. The van der Waals surface area contributed by atoms with Crippen molar-refractivity contribution in [1.29, 1.82) is 0 Å². The lowest BCUT2D eigenvalue weighted by Gasteiger charge is -2.30. The van der Waals surface area contributed by atoms with Gasteiger partial charge in [-0.2, -0.15) is 0 Å². The molecule has 1 aliphatic rings. The van der Waals surface area contributed by atoms with Crippen LogP contribution in [-0.2, 0) is 17.8 Å². The normalized spacial score (nSPS) is 14.5. The van der Waals surface area contributed by atoms with E-state index in [-0.39, 0.29) is 11.9 Å². The first kappa shape index (κ1) is 17.2. The van der Waals surface area contributed by atoms with Crippen molar-refractivity contribution < 1.29 is 13.9 Å². The summed E-state index contributed by atoms with van der Waals surface area (Å²) in [6, 6.07) is 6.29. The van der Waals surface area contributed by atoms with Gasteiger partial charge in [0.1, 0.15) is 26.6 Å². The second-order valence-corrected chi connectivity index (χ2v) is 7.75. The SMILES string of the molecule is CC(C)(C)OC(=O)N1CCn2c(nc(-c3ccc(F)cc3)c2I)C1. The molecule has 128 valence electrons. The summed E-state index contributed by atoms with van der Waals surface area (Å²) in [7, 11) is 0. The van der Waals surface area contributed by atoms with Crippen molar-refractivity contribution in [2.24, 2.45) is 0 Å². The smallest absolute Gasteiger partial charge is 0.410 e. The van der Waals surface area contributed by atoms with Gasteiger partial charge in [0.15, 0.2) is 0 Å². The summed E-state index contributed by atoms with van der Waals surface area (Å²) in [5.41, 5.74) is 1.17. The first-order valence-electron chi connectivity index (χ1n) is 7.73. The number of rotatable bonds is 1. The molecule has 7 heteroatoms. The van der Waals surface area contributed by atoms with Gasteiger partial charge in [-0.25, -0.2) is 14.2 Å². The predicted molar refractivity (Wildman–Crippen MR) is 97.0 cm³/mol. The minimum Gasteiger partial charge on any atom is -0.444 e. The van der Waals surface area contributed by atoms with Crippen LogP contribution in [0.4, 0.5) is 9.18 Å². The maximum atomic E-state index is 13.1. The second-order valence-electron chi connectivity index (χ2n) is 6.73. The van der Waals surface area contributed by atoms with Crippen LogP contribution in [-0.4, -0.2) is 32.7 Å². The lowest BCUT2D eigenvalue weighted by Crippen LogP contribution is -2.41. The third-order valence-corrected chi connectivity index (χ3v) is 4.77. The van der Waals surface area contributed by atoms with Crippen LogP contribution in [0.25, 0.3) is 11.3 Å². The van der Waals surface area contributed by atoms with Crippen LogP contribution in [0, 0.1) is 9.52 Å². The number of amides is 1. The molecule has 1 aromatic carbocycles. The third kappa shape index (κ3) is 3.55. The summed E-state index contributed by atoms with van der Waals surface area (Å²) in [5, 5.41) is 0. The van der Waals surface area contributed by atoms with Gasteiger partial charge in [0.2, 0.25) is 0 Å². The molecule has 0 fully saturated rings. The fraction of sp³-hybridized carbons (Fsp3) is 0.412. The first-order chi connectivity index (χ1) is 11.2. The average Bonchev–Trinajstić information content (AvgIpc) is 2.83. The monoisotopic (exact) mass is 443 g/mol. The molecular weight excluding hydrogens is 424 g/mol. The number of nitrogens with zero attached hydrogens (tertiary/aromatic N) is 3. The summed E-state index contributed by atoms with van der Waals surface area (Å²) in [5.74, 6) is 0.546. The van der Waals surface area contributed by atoms with Crippen molar-refractivity contribution in [1.82, 2.24) is 14.5 Å². The van der Waals surface area contributed by atoms with Gasteiger partial charge in [-0.05, 0) is 67.6 Å². The Labute approximate surface area is 154 Å². The van der Waals surface area contributed by atoms with E-state index in [1.54, 1.807) is 17.0 Å². The number of carbonyl (C=O) groups is 1. The van der Waals surface area contributed by atoms with Gasteiger partial charge < -0.3 is 9.30 Å². The van der Waals surface area contributed by atoms with E-state index in [1.807, 2.05) is 20.8 Å². The zero-order chi connectivity index (χ0) is 17.5. The van der Waals surface area contributed by atoms with Crippen molar-refractivity contribution in [3.8, 4) is 11.3 Å². The molecule has 2 heterocycles. The molecule has 0 atom stereocenters. The predicted octanol–water partition coefficient (Wildman–Crippen LogP) is 4.04. The van der Waals surface area contributed by atoms with Crippen LogP contribution in [0.5, 0.6) is 0 Å². The first-order valence-corrected chi connectivity index (χ1v) is 8.81. The van der Waals surface area contributed by atoms with E-state index in [9.17, 15) is 9.18 Å². The largest absolute Gasteiger partial charge is 0.444 e. The molecule has 2 aromatic rings. The molecule has 0 spiro atoms. The highest BCUT2D eigenvalue weighted by molar-refractivity contribution is 14.1. The highest BCUT2D eigenvalue weighted by Crippen LogP contribution is 2.28. The number of imidazole rings is 1. The van der Waals surface area contributed by atoms with Crippen LogP contribution in [0.2, 0.25) is 0 Å². The molecule has 0 saturated heterocycles. The molecule has 0 saturated carbocycles. The Morgan fingerprint density at radius 3 is 2.54 bits per heavy atom. The summed E-state index contributed by atoms with van der Waals surface area (Å²) >= 11 is 2.25. The van der Waals surface area contributed by atoms with E-state index in [0.29, 0.717) is 19.6 Å². The molecular formula is C17H19FIN3O2. The van der Waals surface area contributed by atoms with Crippen molar-refractivity contribution >= 4 is 28.7 Å². The van der Waals surface area contributed by atoms with Crippen LogP contribution < -0.4 is 0 Å². The summed E-state index contributed by atoms with van der Waals surface area (Å²) < 4.78 is 21.6. The van der Waals surface area contributed by atoms with E-state index in [0.717, 1.165) is 20.8 Å². The highest BCUT2D eigenvalue weighted by Gasteiger charge is 2.28. The number of ether oxygens (including phenoxy) is 1. The van der Waals surface area contributed by atoms with E-state index in [2.05, 4.69) is 32.1 Å². The van der Waals surface area contributed by atoms with Crippen molar-refractivity contribution in [2.45, 2.75) is 39.5 Å². The van der Waals surface area contributed by atoms with Crippen LogP contribution >= 0.6 is 22.6 Å². The van der Waals surface area contributed by atoms with Gasteiger partial charge in [-0.3, -0.25) is 4.90 Å². The maximum Gasteiger partial charge on any atom is 0.410 e. The zero-order valence-electron chi connectivity index (χ0n) is 13.8. The zero-order valence-corrected chi connectivity index (χ0v) is 16.0. The quantitative estimate of drug-likeness (QED) is 0.626. The molecule has 1 amide bonds. The van der Waals surface area contributed by atoms with E-state index >= 15 is 0 Å². The Morgan fingerprint density at radius 2 is 1.92 bits per heavy atom. The van der Waals surface area contributed by atoms with Gasteiger partial charge in [0, 0.05) is 18.7 Å². The molecule has 1 aromatic heterocycles. The van der Waals surface area contributed by atoms with E-state index < -0.39 is 5.60 Å². The lowest BCUT2D eigenvalue weighted by molar-refractivity contribution is 0.0194. The van der Waals surface area contributed by atoms with Gasteiger partial charge in [-0.15, -0.1) is 0 Å². The number of fused-ring (bicyclic) bond motifs is 1. The molecule has 0 radical (unpaired) electrons. The Bertz CT molecular complexity index is 765. The number of benzene rings is 1. The topological polar surface area (TPSA) is 47.4 Å². The van der Waals surface area contributed by atoms with Crippen molar-refractivity contribution in [3.05, 3.63) is 39.6 Å². The summed E-state index contributed by atoms with van der Waals surface area (Å²) in [6.07, 6.45) is -0.324. The third-order valence-electron chi connectivity index (χ3n) is 3.68. The molecule has 24 heavy (non-hydrogen) atoms. The Hall–Kier alpha value is -1.64. The number of hydrogen-bond donors (Lipinski definition) is 0. The van der Waals surface area contributed by atoms with Crippen LogP contribution in [0.1, 0.15) is 26.6 Å². The standard InChI is InChI=1S/C17H19FIN3O2/c1-17(2,3)24-16(23)21-8-9-22-13(10-21)20-14(15(22)19)11-4-6-12(18)7-5-11/h4-7H,8-10H2,1-3H3. The van der Waals surface area contributed by atoms with Crippen LogP contribution in [0.15, 0.2) is 24.3 Å². The minimum absolute atomic E-state index is 0.270. The Balaban J connectivity index is 1.84. The lowest BCUT2D eigenvalue weighted by atomic mass is 10.2. The maximum absolute atomic E-state index is 13.1. The number of hydrogen-bond acceptors (Lipinski definition) is 3. The van der Waals surface area contributed by atoms with Gasteiger partial charge in [-0.1, -0.05) is 0 Å². The number of halogens is 2. The van der Waals surface area contributed by atoms with E-state index in [4.69, 9.17) is 4.74 Å². The molecule has 1 aliphatic heterocycles. The molecule has 0 bridgehead atoms. The molecule has 0 unspecified atom stereocenters. The van der Waals surface area contributed by atoms with Gasteiger partial charge in [0.05, 0.1) is 6.54 Å².